The summed E-state index contributed by atoms with van der Waals surface area (Å²) in [5, 5.41) is 3.63. The van der Waals surface area contributed by atoms with Crippen LogP contribution in [0.3, 0.4) is 0 Å². The van der Waals surface area contributed by atoms with E-state index in [4.69, 9.17) is 9.47 Å². The van der Waals surface area contributed by atoms with Crippen LogP contribution >= 0.6 is 11.3 Å². The van der Waals surface area contributed by atoms with Crippen LogP contribution in [0.15, 0.2) is 42.5 Å². The molecule has 0 unspecified atom stereocenters. The van der Waals surface area contributed by atoms with E-state index in [1.54, 1.807) is 7.11 Å². The van der Waals surface area contributed by atoms with E-state index in [1.807, 2.05) is 54.3 Å². The van der Waals surface area contributed by atoms with Gasteiger partial charge in [-0.15, -0.1) is 0 Å². The number of ether oxygens (including phenoxy) is 2. The number of aromatic nitrogens is 1. The molecule has 1 aliphatic rings. The number of anilines is 1. The summed E-state index contributed by atoms with van der Waals surface area (Å²) in [6.07, 6.45) is 1.66. The maximum absolute atomic E-state index is 12.4. The summed E-state index contributed by atoms with van der Waals surface area (Å²) in [6.45, 7) is 3.36. The minimum Gasteiger partial charge on any atom is -0.497 e. The van der Waals surface area contributed by atoms with Gasteiger partial charge in [0.1, 0.15) is 11.9 Å². The topological polar surface area (TPSA) is 63.7 Å². The second-order valence-corrected chi connectivity index (χ2v) is 7.91. The first-order valence-corrected chi connectivity index (χ1v) is 10.2. The van der Waals surface area contributed by atoms with Crippen molar-refractivity contribution in [2.75, 3.05) is 25.5 Å². The number of likely N-dealkylation sites (tertiary alicyclic amines) is 1. The van der Waals surface area contributed by atoms with Gasteiger partial charge in [-0.2, -0.15) is 0 Å². The Balaban J connectivity index is 1.31. The molecule has 2 amide bonds. The van der Waals surface area contributed by atoms with Crippen LogP contribution in [0.1, 0.15) is 18.4 Å². The summed E-state index contributed by atoms with van der Waals surface area (Å²) in [5.41, 5.74) is 2.87. The molecular weight excluding hydrogens is 374 g/mol. The third kappa shape index (κ3) is 4.20. The van der Waals surface area contributed by atoms with Crippen molar-refractivity contribution >= 4 is 33.3 Å². The molecule has 146 valence electrons. The molecule has 2 heterocycles. The van der Waals surface area contributed by atoms with E-state index in [1.165, 1.54) is 16.9 Å². The lowest BCUT2D eigenvalue weighted by Gasteiger charge is -2.31. The highest BCUT2D eigenvalue weighted by molar-refractivity contribution is 7.20. The number of benzene rings is 2. The Hall–Kier alpha value is -2.80. The summed E-state index contributed by atoms with van der Waals surface area (Å²) in [6, 6.07) is 13.6. The molecule has 0 radical (unpaired) electrons. The Labute approximate surface area is 168 Å². The van der Waals surface area contributed by atoms with Gasteiger partial charge < -0.3 is 19.7 Å². The molecule has 0 aliphatic carbocycles. The van der Waals surface area contributed by atoms with Gasteiger partial charge in [-0.3, -0.25) is 0 Å². The number of fused-ring (bicyclic) bond motifs is 1. The van der Waals surface area contributed by atoms with E-state index >= 15 is 0 Å². The molecule has 28 heavy (non-hydrogen) atoms. The number of nitrogens with zero attached hydrogens (tertiary/aromatic N) is 2. The third-order valence-corrected chi connectivity index (χ3v) is 5.80. The van der Waals surface area contributed by atoms with Crippen LogP contribution in [-0.2, 0) is 0 Å². The number of amides is 2. The molecule has 1 fully saturated rings. The second kappa shape index (κ2) is 8.06. The Morgan fingerprint density at radius 3 is 2.64 bits per heavy atom. The highest BCUT2D eigenvalue weighted by atomic mass is 32.1. The van der Waals surface area contributed by atoms with Crippen LogP contribution < -0.4 is 14.8 Å². The summed E-state index contributed by atoms with van der Waals surface area (Å²) in [4.78, 5) is 18.8. The Bertz CT molecular complexity index is 963. The number of hydrogen-bond acceptors (Lipinski definition) is 5. The van der Waals surface area contributed by atoms with Crippen molar-refractivity contribution in [2.24, 2.45) is 0 Å². The SMILES string of the molecule is COc1ccc2sc(OC3CCN(C(=O)Nc4ccc(C)cc4)CC3)nc2c1. The zero-order valence-corrected chi connectivity index (χ0v) is 16.8. The Kier molecular flexibility index (Phi) is 5.34. The van der Waals surface area contributed by atoms with Gasteiger partial charge in [0.15, 0.2) is 0 Å². The molecule has 7 heteroatoms. The number of urea groups is 1. The minimum atomic E-state index is -0.0608. The maximum atomic E-state index is 12.4. The van der Waals surface area contributed by atoms with Crippen molar-refractivity contribution in [1.29, 1.82) is 0 Å². The first-order chi connectivity index (χ1) is 13.6. The summed E-state index contributed by atoms with van der Waals surface area (Å²) in [5.74, 6) is 0.789. The highest BCUT2D eigenvalue weighted by Gasteiger charge is 2.25. The lowest BCUT2D eigenvalue weighted by Crippen LogP contribution is -2.43. The van der Waals surface area contributed by atoms with Crippen molar-refractivity contribution in [3.05, 3.63) is 48.0 Å². The zero-order chi connectivity index (χ0) is 19.5. The lowest BCUT2D eigenvalue weighted by atomic mass is 10.1. The molecule has 1 aliphatic heterocycles. The van der Waals surface area contributed by atoms with Gasteiger partial charge in [0.05, 0.1) is 17.3 Å². The molecule has 0 atom stereocenters. The largest absolute Gasteiger partial charge is 0.497 e. The number of carbonyl (C=O) groups is 1. The number of aryl methyl sites for hydroxylation is 1. The number of rotatable bonds is 4. The molecule has 6 nitrogen and oxygen atoms in total. The number of piperidine rings is 1. The summed E-state index contributed by atoms with van der Waals surface area (Å²) in [7, 11) is 1.65. The predicted octanol–water partition coefficient (Wildman–Crippen LogP) is 4.69. The summed E-state index contributed by atoms with van der Waals surface area (Å²) < 4.78 is 12.4. The van der Waals surface area contributed by atoms with Gasteiger partial charge in [0.25, 0.3) is 5.19 Å². The Morgan fingerprint density at radius 1 is 1.18 bits per heavy atom. The number of hydrogen-bond donors (Lipinski definition) is 1. The van der Waals surface area contributed by atoms with E-state index in [0.29, 0.717) is 18.3 Å². The third-order valence-electron chi connectivity index (χ3n) is 4.87. The molecule has 2 aromatic carbocycles. The van der Waals surface area contributed by atoms with Gasteiger partial charge in [-0.05, 0) is 31.2 Å². The van der Waals surface area contributed by atoms with Crippen molar-refractivity contribution < 1.29 is 14.3 Å². The van der Waals surface area contributed by atoms with Crippen molar-refractivity contribution in [3.8, 4) is 10.9 Å². The number of carbonyl (C=O) groups excluding carboxylic acids is 1. The fourth-order valence-electron chi connectivity index (χ4n) is 3.22. The molecule has 4 rings (SSSR count). The molecular formula is C21H23N3O3S. The van der Waals surface area contributed by atoms with Crippen LogP contribution in [0.2, 0.25) is 0 Å². The fraction of sp³-hybridized carbons (Fsp3) is 0.333. The lowest BCUT2D eigenvalue weighted by molar-refractivity contribution is 0.115. The average molecular weight is 398 g/mol. The van der Waals surface area contributed by atoms with E-state index < -0.39 is 0 Å². The first kappa shape index (κ1) is 18.6. The molecule has 1 N–H and O–H groups in total. The monoisotopic (exact) mass is 397 g/mol. The predicted molar refractivity (Wildman–Crippen MR) is 112 cm³/mol. The molecule has 3 aromatic rings. The van der Waals surface area contributed by atoms with Crippen LogP contribution in [0.4, 0.5) is 10.5 Å². The number of methoxy groups -OCH3 is 1. The van der Waals surface area contributed by atoms with Gasteiger partial charge in [-0.1, -0.05) is 29.0 Å². The molecule has 0 saturated carbocycles. The van der Waals surface area contributed by atoms with Crippen LogP contribution in [0.25, 0.3) is 10.2 Å². The number of thiazole rings is 1. The molecule has 1 saturated heterocycles. The van der Waals surface area contributed by atoms with Crippen LogP contribution in [-0.4, -0.2) is 42.2 Å². The fourth-order valence-corrected chi connectivity index (χ4v) is 4.08. The van der Waals surface area contributed by atoms with Gasteiger partial charge in [-0.25, -0.2) is 9.78 Å². The second-order valence-electron chi connectivity index (χ2n) is 6.91. The normalized spacial score (nSPS) is 14.9. The molecule has 0 spiro atoms. The van der Waals surface area contributed by atoms with E-state index in [2.05, 4.69) is 10.3 Å². The van der Waals surface area contributed by atoms with Gasteiger partial charge in [0, 0.05) is 37.7 Å². The van der Waals surface area contributed by atoms with Gasteiger partial charge in [0.2, 0.25) is 0 Å². The first-order valence-electron chi connectivity index (χ1n) is 9.34. The zero-order valence-electron chi connectivity index (χ0n) is 16.0. The van der Waals surface area contributed by atoms with Crippen molar-refractivity contribution in [3.63, 3.8) is 0 Å². The van der Waals surface area contributed by atoms with Crippen LogP contribution in [0, 0.1) is 6.92 Å². The van der Waals surface area contributed by atoms with E-state index in [-0.39, 0.29) is 12.1 Å². The molecule has 1 aromatic heterocycles. The number of nitrogens with one attached hydrogen (secondary N) is 1. The standard InChI is InChI=1S/C21H23N3O3S/c1-14-3-5-15(6-4-14)22-20(25)24-11-9-16(10-12-24)27-21-23-18-13-17(26-2)7-8-19(18)28-21/h3-8,13,16H,9-12H2,1-2H3,(H,22,25). The molecule has 0 bridgehead atoms. The average Bonchev–Trinajstić information content (AvgIpc) is 3.11. The summed E-state index contributed by atoms with van der Waals surface area (Å²) >= 11 is 1.54. The minimum absolute atomic E-state index is 0.0608. The van der Waals surface area contributed by atoms with Crippen LogP contribution in [0.5, 0.6) is 10.9 Å². The smallest absolute Gasteiger partial charge is 0.321 e. The van der Waals surface area contributed by atoms with E-state index in [0.717, 1.165) is 34.5 Å². The van der Waals surface area contributed by atoms with Crippen molar-refractivity contribution in [2.45, 2.75) is 25.9 Å². The maximum Gasteiger partial charge on any atom is 0.321 e. The van der Waals surface area contributed by atoms with Gasteiger partial charge >= 0.3 is 6.03 Å². The van der Waals surface area contributed by atoms with E-state index in [9.17, 15) is 4.79 Å². The Morgan fingerprint density at radius 2 is 1.93 bits per heavy atom. The highest BCUT2D eigenvalue weighted by Crippen LogP contribution is 2.32. The quantitative estimate of drug-likeness (QED) is 0.694. The van der Waals surface area contributed by atoms with Crippen molar-refractivity contribution in [1.82, 2.24) is 9.88 Å².